The molecular formula is C22H13F9. The summed E-state index contributed by atoms with van der Waals surface area (Å²) in [4.78, 5) is 0. The van der Waals surface area contributed by atoms with E-state index >= 15 is 0 Å². The Morgan fingerprint density at radius 2 is 0.935 bits per heavy atom. The van der Waals surface area contributed by atoms with Gasteiger partial charge in [0.05, 0.1) is 0 Å². The van der Waals surface area contributed by atoms with Gasteiger partial charge in [-0.3, -0.25) is 0 Å². The Bertz CT molecular complexity index is 1040. The van der Waals surface area contributed by atoms with Crippen LogP contribution < -0.4 is 0 Å². The molecule has 0 amide bonds. The highest BCUT2D eigenvalue weighted by atomic mass is 19.4. The van der Waals surface area contributed by atoms with Gasteiger partial charge in [-0.05, 0) is 22.3 Å². The van der Waals surface area contributed by atoms with Crippen LogP contribution in [0.5, 0.6) is 0 Å². The minimum absolute atomic E-state index is 0.0323. The molecule has 3 rings (SSSR count). The van der Waals surface area contributed by atoms with Crippen molar-refractivity contribution in [3.8, 4) is 22.3 Å². The second-order valence-electron chi connectivity index (χ2n) is 6.68. The van der Waals surface area contributed by atoms with E-state index in [0.717, 1.165) is 6.07 Å². The fourth-order valence-electron chi connectivity index (χ4n) is 3.13. The topological polar surface area (TPSA) is 0 Å². The van der Waals surface area contributed by atoms with Crippen LogP contribution >= 0.6 is 0 Å². The van der Waals surface area contributed by atoms with E-state index in [1.54, 1.807) is 6.07 Å². The zero-order chi connectivity index (χ0) is 23.1. The van der Waals surface area contributed by atoms with E-state index in [0.29, 0.717) is 6.07 Å². The fourth-order valence-corrected chi connectivity index (χ4v) is 3.13. The van der Waals surface area contributed by atoms with Crippen LogP contribution in [0.2, 0.25) is 0 Å². The molecule has 3 aromatic rings. The van der Waals surface area contributed by atoms with Gasteiger partial charge >= 0.3 is 23.9 Å². The maximum absolute atomic E-state index is 14.9. The van der Waals surface area contributed by atoms with Crippen LogP contribution in [0.3, 0.4) is 0 Å². The van der Waals surface area contributed by atoms with Crippen molar-refractivity contribution < 1.29 is 39.5 Å². The monoisotopic (exact) mass is 448 g/mol. The minimum atomic E-state index is -6.97. The van der Waals surface area contributed by atoms with Crippen molar-refractivity contribution in [1.82, 2.24) is 0 Å². The second kappa shape index (κ2) is 7.62. The summed E-state index contributed by atoms with van der Waals surface area (Å²) in [5, 5.41) is 0. The lowest BCUT2D eigenvalue weighted by Gasteiger charge is -2.35. The molecule has 0 saturated carbocycles. The van der Waals surface area contributed by atoms with E-state index in [4.69, 9.17) is 0 Å². The molecule has 0 nitrogen and oxygen atoms in total. The van der Waals surface area contributed by atoms with Gasteiger partial charge < -0.3 is 0 Å². The first-order valence-corrected chi connectivity index (χ1v) is 8.77. The predicted molar refractivity (Wildman–Crippen MR) is 97.2 cm³/mol. The Morgan fingerprint density at radius 1 is 0.452 bits per heavy atom. The van der Waals surface area contributed by atoms with Crippen molar-refractivity contribution in [2.75, 3.05) is 0 Å². The van der Waals surface area contributed by atoms with Gasteiger partial charge in [-0.2, -0.15) is 39.5 Å². The number of benzene rings is 3. The number of halogens is 9. The molecule has 0 heterocycles. The minimum Gasteiger partial charge on any atom is -0.194 e. The summed E-state index contributed by atoms with van der Waals surface area (Å²) in [5.41, 5.74) is -2.02. The molecule has 0 radical (unpaired) electrons. The van der Waals surface area contributed by atoms with E-state index in [-0.39, 0.29) is 16.7 Å². The summed E-state index contributed by atoms with van der Waals surface area (Å²) < 4.78 is 123. The molecule has 9 heteroatoms. The van der Waals surface area contributed by atoms with Crippen LogP contribution in [-0.4, -0.2) is 18.0 Å². The zero-order valence-electron chi connectivity index (χ0n) is 15.4. The average molecular weight is 448 g/mol. The lowest BCUT2D eigenvalue weighted by molar-refractivity contribution is -0.399. The standard InChI is InChI=1S/C22H13F9/c23-19(24,20(25,26)21(27,28)22(29,30)31)17-13-7-12-16(14-8-3-1-4-9-14)18(17)15-10-5-2-6-11-15/h1-13H. The number of rotatable bonds is 5. The number of hydrogen-bond acceptors (Lipinski definition) is 0. The van der Waals surface area contributed by atoms with Crippen LogP contribution in [0.4, 0.5) is 39.5 Å². The van der Waals surface area contributed by atoms with E-state index in [1.807, 2.05) is 0 Å². The zero-order valence-corrected chi connectivity index (χ0v) is 15.4. The third-order valence-electron chi connectivity index (χ3n) is 4.69. The van der Waals surface area contributed by atoms with Crippen LogP contribution in [0.25, 0.3) is 22.3 Å². The molecule has 31 heavy (non-hydrogen) atoms. The van der Waals surface area contributed by atoms with Gasteiger partial charge in [0.1, 0.15) is 0 Å². The molecule has 0 saturated heterocycles. The Balaban J connectivity index is 2.34. The highest BCUT2D eigenvalue weighted by Crippen LogP contribution is 2.58. The summed E-state index contributed by atoms with van der Waals surface area (Å²) in [6, 6.07) is 17.0. The Kier molecular flexibility index (Phi) is 5.58. The SMILES string of the molecule is FC(F)(F)C(F)(F)C(F)(F)C(F)(F)c1cccc(-c2ccccc2)c1-c1ccccc1. The molecule has 0 aromatic heterocycles. The lowest BCUT2D eigenvalue weighted by atomic mass is 9.85. The number of alkyl halides is 9. The molecule has 0 aliphatic carbocycles. The summed E-state index contributed by atoms with van der Waals surface area (Å²) in [7, 11) is 0. The van der Waals surface area contributed by atoms with Crippen molar-refractivity contribution in [3.63, 3.8) is 0 Å². The molecule has 0 aliphatic rings. The van der Waals surface area contributed by atoms with Crippen LogP contribution in [-0.2, 0) is 5.92 Å². The van der Waals surface area contributed by atoms with Gasteiger partial charge in [0.2, 0.25) is 0 Å². The van der Waals surface area contributed by atoms with Gasteiger partial charge in [0, 0.05) is 5.56 Å². The summed E-state index contributed by atoms with van der Waals surface area (Å²) in [6.07, 6.45) is -6.89. The molecule has 0 N–H and O–H groups in total. The predicted octanol–water partition coefficient (Wildman–Crippen LogP) is 7.95. The van der Waals surface area contributed by atoms with E-state index in [1.165, 1.54) is 60.7 Å². The Hall–Kier alpha value is -2.97. The van der Waals surface area contributed by atoms with E-state index in [9.17, 15) is 39.5 Å². The smallest absolute Gasteiger partial charge is 0.194 e. The fraction of sp³-hybridized carbons (Fsp3) is 0.182. The molecule has 3 aromatic carbocycles. The summed E-state index contributed by atoms with van der Waals surface area (Å²) in [5.74, 6) is -19.6. The van der Waals surface area contributed by atoms with Crippen LogP contribution in [0.1, 0.15) is 5.56 Å². The lowest BCUT2D eigenvalue weighted by Crippen LogP contribution is -2.59. The van der Waals surface area contributed by atoms with Crippen LogP contribution in [0, 0.1) is 0 Å². The molecule has 0 atom stereocenters. The summed E-state index contributed by atoms with van der Waals surface area (Å²) >= 11 is 0. The maximum Gasteiger partial charge on any atom is 0.460 e. The van der Waals surface area contributed by atoms with Gasteiger partial charge in [-0.25, -0.2) is 0 Å². The highest BCUT2D eigenvalue weighted by molar-refractivity contribution is 5.86. The third kappa shape index (κ3) is 3.66. The van der Waals surface area contributed by atoms with Crippen molar-refractivity contribution in [2.24, 2.45) is 0 Å². The first kappa shape index (κ1) is 22.7. The largest absolute Gasteiger partial charge is 0.460 e. The van der Waals surface area contributed by atoms with Gasteiger partial charge in [0.15, 0.2) is 0 Å². The first-order chi connectivity index (χ1) is 14.3. The quantitative estimate of drug-likeness (QED) is 0.348. The number of hydrogen-bond donors (Lipinski definition) is 0. The Morgan fingerprint density at radius 3 is 1.42 bits per heavy atom. The van der Waals surface area contributed by atoms with Crippen LogP contribution in [0.15, 0.2) is 78.9 Å². The molecule has 0 aliphatic heterocycles. The Labute approximate surface area is 170 Å². The molecule has 0 spiro atoms. The molecule has 164 valence electrons. The summed E-state index contributed by atoms with van der Waals surface area (Å²) in [6.45, 7) is 0. The highest BCUT2D eigenvalue weighted by Gasteiger charge is 2.82. The van der Waals surface area contributed by atoms with E-state index < -0.39 is 35.1 Å². The van der Waals surface area contributed by atoms with E-state index in [2.05, 4.69) is 0 Å². The maximum atomic E-state index is 14.9. The van der Waals surface area contributed by atoms with Gasteiger partial charge in [0.25, 0.3) is 0 Å². The second-order valence-corrected chi connectivity index (χ2v) is 6.68. The molecule has 0 fully saturated rings. The van der Waals surface area contributed by atoms with Crippen molar-refractivity contribution >= 4 is 0 Å². The van der Waals surface area contributed by atoms with Crippen molar-refractivity contribution in [3.05, 3.63) is 84.4 Å². The molecular weight excluding hydrogens is 435 g/mol. The van der Waals surface area contributed by atoms with Gasteiger partial charge in [-0.1, -0.05) is 78.9 Å². The third-order valence-corrected chi connectivity index (χ3v) is 4.69. The van der Waals surface area contributed by atoms with Crippen molar-refractivity contribution in [1.29, 1.82) is 0 Å². The molecule has 0 bridgehead atoms. The van der Waals surface area contributed by atoms with Gasteiger partial charge in [-0.15, -0.1) is 0 Å². The first-order valence-electron chi connectivity index (χ1n) is 8.77. The normalized spacial score (nSPS) is 13.3. The molecule has 0 unspecified atom stereocenters. The van der Waals surface area contributed by atoms with Crippen molar-refractivity contribution in [2.45, 2.75) is 23.9 Å². The average Bonchev–Trinajstić information content (AvgIpc) is 2.73.